The van der Waals surface area contributed by atoms with Crippen LogP contribution in [0.3, 0.4) is 0 Å². The number of carbonyl (C=O) groups excluding carboxylic acids is 1. The average molecular weight is 418 g/mol. The summed E-state index contributed by atoms with van der Waals surface area (Å²) in [6.45, 7) is 4.31. The lowest BCUT2D eigenvalue weighted by atomic mass is 9.93. The summed E-state index contributed by atoms with van der Waals surface area (Å²) in [7, 11) is 0. The van der Waals surface area contributed by atoms with Crippen molar-refractivity contribution in [1.29, 1.82) is 0 Å². The third kappa shape index (κ3) is 5.83. The van der Waals surface area contributed by atoms with Crippen LogP contribution in [0.2, 0.25) is 0 Å². The van der Waals surface area contributed by atoms with Crippen LogP contribution < -0.4 is 0 Å². The Morgan fingerprint density at radius 2 is 2.00 bits per heavy atom. The fraction of sp³-hybridized carbons (Fsp3) is 0.667. The van der Waals surface area contributed by atoms with Gasteiger partial charge in [-0.1, -0.05) is 30.9 Å². The van der Waals surface area contributed by atoms with Gasteiger partial charge in [0.1, 0.15) is 12.0 Å². The molecule has 0 spiro atoms. The van der Waals surface area contributed by atoms with E-state index in [1.54, 1.807) is 6.92 Å². The Balaban J connectivity index is 2.35. The zero-order chi connectivity index (χ0) is 20.0. The molecule has 0 radical (unpaired) electrons. The first-order valence-electron chi connectivity index (χ1n) is 9.81. The third-order valence-electron chi connectivity index (χ3n) is 5.46. The van der Waals surface area contributed by atoms with Crippen LogP contribution in [-0.4, -0.2) is 35.8 Å². The average Bonchev–Trinajstić information content (AvgIpc) is 2.68. The van der Waals surface area contributed by atoms with Gasteiger partial charge in [-0.2, -0.15) is 0 Å². The van der Waals surface area contributed by atoms with Crippen molar-refractivity contribution in [1.82, 2.24) is 4.90 Å². The SMILES string of the molecule is CCN(C(=O)/C(C)=C(Cl)/C1=C(\SC)CC(F)C/C=C(/F)C1)C1CCCCC1. The van der Waals surface area contributed by atoms with Gasteiger partial charge in [-0.05, 0) is 55.9 Å². The van der Waals surface area contributed by atoms with Crippen LogP contribution in [0.15, 0.2) is 33.0 Å². The number of hydrogen-bond acceptors (Lipinski definition) is 2. The molecule has 27 heavy (non-hydrogen) atoms. The maximum atomic E-state index is 14.2. The summed E-state index contributed by atoms with van der Waals surface area (Å²) in [5, 5.41) is 0.274. The van der Waals surface area contributed by atoms with E-state index in [1.165, 1.54) is 24.3 Å². The van der Waals surface area contributed by atoms with Crippen molar-refractivity contribution in [3.8, 4) is 0 Å². The Bertz CT molecular complexity index is 638. The Kier molecular flexibility index (Phi) is 8.87. The summed E-state index contributed by atoms with van der Waals surface area (Å²) in [5.41, 5.74) is 0.972. The Morgan fingerprint density at radius 3 is 2.59 bits per heavy atom. The van der Waals surface area contributed by atoms with Gasteiger partial charge in [0.15, 0.2) is 0 Å². The maximum Gasteiger partial charge on any atom is 0.251 e. The molecule has 2 rings (SSSR count). The number of allylic oxidation sites excluding steroid dienone is 5. The van der Waals surface area contributed by atoms with Crippen molar-refractivity contribution < 1.29 is 13.6 Å². The van der Waals surface area contributed by atoms with E-state index in [0.717, 1.165) is 30.6 Å². The first-order valence-corrected chi connectivity index (χ1v) is 11.4. The van der Waals surface area contributed by atoms with E-state index >= 15 is 0 Å². The van der Waals surface area contributed by atoms with Crippen molar-refractivity contribution in [2.75, 3.05) is 12.8 Å². The van der Waals surface area contributed by atoms with Gasteiger partial charge in [0.05, 0.1) is 5.03 Å². The van der Waals surface area contributed by atoms with Gasteiger partial charge >= 0.3 is 0 Å². The van der Waals surface area contributed by atoms with E-state index in [4.69, 9.17) is 11.6 Å². The van der Waals surface area contributed by atoms with Crippen LogP contribution in [0.1, 0.15) is 65.2 Å². The van der Waals surface area contributed by atoms with Crippen LogP contribution >= 0.6 is 23.4 Å². The molecule has 0 N–H and O–H groups in total. The molecule has 1 atom stereocenters. The number of likely N-dealkylation sites (N-methyl/N-ethyl adjacent to an activating group) is 1. The molecular weight excluding hydrogens is 388 g/mol. The van der Waals surface area contributed by atoms with Crippen LogP contribution in [0.5, 0.6) is 0 Å². The monoisotopic (exact) mass is 417 g/mol. The minimum atomic E-state index is -1.14. The third-order valence-corrected chi connectivity index (χ3v) is 6.88. The van der Waals surface area contributed by atoms with Crippen molar-refractivity contribution in [2.45, 2.75) is 77.4 Å². The number of rotatable bonds is 5. The normalized spacial score (nSPS) is 27.9. The van der Waals surface area contributed by atoms with E-state index in [-0.39, 0.29) is 36.2 Å². The number of thioether (sulfide) groups is 1. The fourth-order valence-corrected chi connectivity index (χ4v) is 4.99. The molecule has 2 nitrogen and oxygen atoms in total. The van der Waals surface area contributed by atoms with Gasteiger partial charge in [0, 0.05) is 31.0 Å². The highest BCUT2D eigenvalue weighted by molar-refractivity contribution is 8.02. The minimum Gasteiger partial charge on any atom is -0.336 e. The quantitative estimate of drug-likeness (QED) is 0.465. The molecule has 1 amide bonds. The molecule has 2 aliphatic carbocycles. The molecule has 0 bridgehead atoms. The second-order valence-electron chi connectivity index (χ2n) is 7.29. The number of carbonyl (C=O) groups is 1. The highest BCUT2D eigenvalue weighted by Crippen LogP contribution is 2.38. The Morgan fingerprint density at radius 1 is 1.33 bits per heavy atom. The molecule has 1 unspecified atom stereocenters. The highest BCUT2D eigenvalue weighted by atomic mass is 35.5. The minimum absolute atomic E-state index is 0.0158. The zero-order valence-electron chi connectivity index (χ0n) is 16.5. The standard InChI is InChI=1S/C21H30ClF2NOS/c1-4-25(17-8-6-5-7-9-17)21(26)14(2)20(22)18-12-15(23)10-11-16(24)13-19(18)27-3/h10,16-17H,4-9,11-13H2,1-3H3/b15-10+,19-18-,20-14-. The molecule has 0 aromatic carbocycles. The van der Waals surface area contributed by atoms with Gasteiger partial charge in [-0.3, -0.25) is 4.79 Å². The molecule has 0 aromatic heterocycles. The predicted molar refractivity (Wildman–Crippen MR) is 111 cm³/mol. The lowest BCUT2D eigenvalue weighted by molar-refractivity contribution is -0.129. The molecule has 0 aromatic rings. The Labute approximate surface area is 171 Å². The molecular formula is C21H30ClF2NOS. The molecule has 1 fully saturated rings. The van der Waals surface area contributed by atoms with Crippen LogP contribution in [-0.2, 0) is 4.79 Å². The van der Waals surface area contributed by atoms with E-state index < -0.39 is 12.0 Å². The van der Waals surface area contributed by atoms with Crippen LogP contribution in [0.25, 0.3) is 0 Å². The first-order chi connectivity index (χ1) is 12.9. The van der Waals surface area contributed by atoms with E-state index in [9.17, 15) is 13.6 Å². The smallest absolute Gasteiger partial charge is 0.251 e. The molecule has 0 saturated heterocycles. The van der Waals surface area contributed by atoms with Crippen molar-refractivity contribution in [2.24, 2.45) is 0 Å². The van der Waals surface area contributed by atoms with Gasteiger partial charge in [-0.25, -0.2) is 8.78 Å². The number of hydrogen-bond donors (Lipinski definition) is 0. The van der Waals surface area contributed by atoms with Crippen molar-refractivity contribution in [3.63, 3.8) is 0 Å². The lowest BCUT2D eigenvalue weighted by Gasteiger charge is -2.34. The van der Waals surface area contributed by atoms with E-state index in [2.05, 4.69) is 0 Å². The zero-order valence-corrected chi connectivity index (χ0v) is 18.1. The predicted octanol–water partition coefficient (Wildman–Crippen LogP) is 6.67. The van der Waals surface area contributed by atoms with Crippen molar-refractivity contribution >= 4 is 29.3 Å². The molecule has 152 valence electrons. The second kappa shape index (κ2) is 10.7. The number of amides is 1. The molecule has 1 saturated carbocycles. The Hall–Kier alpha value is -0.810. The van der Waals surface area contributed by atoms with Crippen LogP contribution in [0, 0.1) is 0 Å². The first kappa shape index (κ1) is 22.5. The lowest BCUT2D eigenvalue weighted by Crippen LogP contribution is -2.41. The maximum absolute atomic E-state index is 14.2. The van der Waals surface area contributed by atoms with Gasteiger partial charge < -0.3 is 4.90 Å². The summed E-state index contributed by atoms with van der Waals surface area (Å²) < 4.78 is 28.2. The number of nitrogens with zero attached hydrogens (tertiary/aromatic N) is 1. The number of halogens is 3. The summed E-state index contributed by atoms with van der Waals surface area (Å²) >= 11 is 7.99. The van der Waals surface area contributed by atoms with Gasteiger partial charge in [0.25, 0.3) is 5.91 Å². The summed E-state index contributed by atoms with van der Waals surface area (Å²) in [6.07, 6.45) is 7.83. The molecule has 6 heteroatoms. The summed E-state index contributed by atoms with van der Waals surface area (Å²) in [6, 6.07) is 0.244. The molecule has 0 heterocycles. The summed E-state index contributed by atoms with van der Waals surface area (Å²) in [5.74, 6) is -0.484. The van der Waals surface area contributed by atoms with Gasteiger partial charge in [-0.15, -0.1) is 11.8 Å². The fourth-order valence-electron chi connectivity index (χ4n) is 3.91. The van der Waals surface area contributed by atoms with E-state index in [1.807, 2.05) is 18.1 Å². The van der Waals surface area contributed by atoms with E-state index in [0.29, 0.717) is 17.7 Å². The summed E-state index contributed by atoms with van der Waals surface area (Å²) in [4.78, 5) is 15.7. The topological polar surface area (TPSA) is 20.3 Å². The largest absolute Gasteiger partial charge is 0.336 e. The highest BCUT2D eigenvalue weighted by Gasteiger charge is 2.28. The number of alkyl halides is 1. The molecule has 0 aliphatic heterocycles. The molecule has 2 aliphatic rings. The van der Waals surface area contributed by atoms with Gasteiger partial charge in [0.2, 0.25) is 0 Å². The van der Waals surface area contributed by atoms with Crippen molar-refractivity contribution in [3.05, 3.63) is 33.0 Å². The van der Waals surface area contributed by atoms with Crippen LogP contribution in [0.4, 0.5) is 8.78 Å². The second-order valence-corrected chi connectivity index (χ2v) is 8.57.